The Morgan fingerprint density at radius 1 is 1.14 bits per heavy atom. The molecule has 0 atom stereocenters. The minimum Gasteiger partial charge on any atom is -0.493 e. The van der Waals surface area contributed by atoms with Crippen molar-refractivity contribution >= 4 is 34.9 Å². The fourth-order valence-corrected chi connectivity index (χ4v) is 2.57. The number of hydrogen-bond donors (Lipinski definition) is 1. The zero-order chi connectivity index (χ0) is 20.8. The Balaban J connectivity index is 2.44. The average Bonchev–Trinajstić information content (AvgIpc) is 2.68. The van der Waals surface area contributed by atoms with Crippen LogP contribution in [0.3, 0.4) is 0 Å². The first-order chi connectivity index (χ1) is 13.3. The number of ether oxygens (including phenoxy) is 3. The van der Waals surface area contributed by atoms with Gasteiger partial charge in [-0.3, -0.25) is 14.9 Å². The number of nitrogens with one attached hydrogen (secondary N) is 1. The Kier molecular flexibility index (Phi) is 6.78. The van der Waals surface area contributed by atoms with Gasteiger partial charge >= 0.3 is 5.97 Å². The number of hydrogen-bond acceptors (Lipinski definition) is 7. The summed E-state index contributed by atoms with van der Waals surface area (Å²) < 4.78 is 15.1. The maximum atomic E-state index is 12.7. The number of anilines is 1. The largest absolute Gasteiger partial charge is 0.493 e. The third-order valence-electron chi connectivity index (χ3n) is 3.65. The van der Waals surface area contributed by atoms with Crippen LogP contribution in [-0.4, -0.2) is 37.6 Å². The monoisotopic (exact) mass is 408 g/mol. The second-order valence-electron chi connectivity index (χ2n) is 5.35. The number of carbonyl (C=O) groups excluding carboxylic acids is 2. The van der Waals surface area contributed by atoms with Crippen LogP contribution in [0.2, 0.25) is 5.02 Å². The van der Waals surface area contributed by atoms with Gasteiger partial charge in [-0.25, -0.2) is 4.79 Å². The lowest BCUT2D eigenvalue weighted by molar-refractivity contribution is -0.385. The van der Waals surface area contributed by atoms with Gasteiger partial charge in [-0.1, -0.05) is 11.6 Å². The van der Waals surface area contributed by atoms with Gasteiger partial charge in [-0.05, 0) is 25.1 Å². The topological polar surface area (TPSA) is 117 Å². The lowest BCUT2D eigenvalue weighted by Crippen LogP contribution is -2.15. The zero-order valence-corrected chi connectivity index (χ0v) is 16.0. The highest BCUT2D eigenvalue weighted by Crippen LogP contribution is 2.35. The molecular formula is C18H17ClN2O7. The van der Waals surface area contributed by atoms with Gasteiger partial charge in [-0.2, -0.15) is 0 Å². The maximum Gasteiger partial charge on any atom is 0.339 e. The van der Waals surface area contributed by atoms with E-state index in [0.717, 1.165) is 6.07 Å². The quantitative estimate of drug-likeness (QED) is 0.421. The third-order valence-corrected chi connectivity index (χ3v) is 3.98. The molecule has 0 aromatic heterocycles. The van der Waals surface area contributed by atoms with Crippen LogP contribution < -0.4 is 14.8 Å². The zero-order valence-electron chi connectivity index (χ0n) is 15.3. The Morgan fingerprint density at radius 2 is 1.86 bits per heavy atom. The van der Waals surface area contributed by atoms with Gasteiger partial charge in [0.2, 0.25) is 0 Å². The van der Waals surface area contributed by atoms with Gasteiger partial charge in [0.05, 0.1) is 42.4 Å². The number of esters is 1. The summed E-state index contributed by atoms with van der Waals surface area (Å²) in [6, 6.07) is 6.50. The number of amides is 1. The third kappa shape index (κ3) is 4.49. The van der Waals surface area contributed by atoms with Crippen molar-refractivity contribution in [2.75, 3.05) is 26.1 Å². The number of halogens is 1. The van der Waals surface area contributed by atoms with Crippen molar-refractivity contribution in [3.8, 4) is 11.5 Å². The Bertz CT molecular complexity index is 930. The fraction of sp³-hybridized carbons (Fsp3) is 0.222. The summed E-state index contributed by atoms with van der Waals surface area (Å²) in [5, 5.41) is 14.0. The fourth-order valence-electron chi connectivity index (χ4n) is 2.38. The van der Waals surface area contributed by atoms with Crippen molar-refractivity contribution in [1.82, 2.24) is 0 Å². The molecule has 0 fully saturated rings. The molecule has 2 aromatic rings. The van der Waals surface area contributed by atoms with Crippen LogP contribution in [0.15, 0.2) is 30.3 Å². The van der Waals surface area contributed by atoms with Crippen molar-refractivity contribution in [1.29, 1.82) is 0 Å². The van der Waals surface area contributed by atoms with Gasteiger partial charge in [0, 0.05) is 11.8 Å². The summed E-state index contributed by atoms with van der Waals surface area (Å²) in [5.41, 5.74) is -0.442. The van der Waals surface area contributed by atoms with E-state index in [4.69, 9.17) is 21.1 Å². The Labute approximate surface area is 165 Å². The van der Waals surface area contributed by atoms with Crippen LogP contribution in [0, 0.1) is 10.1 Å². The highest BCUT2D eigenvalue weighted by atomic mass is 35.5. The van der Waals surface area contributed by atoms with E-state index in [9.17, 15) is 19.7 Å². The van der Waals surface area contributed by atoms with E-state index in [1.807, 2.05) is 0 Å². The summed E-state index contributed by atoms with van der Waals surface area (Å²) in [6.45, 7) is 2.00. The standard InChI is InChI=1S/C18H17ClN2O7/c1-4-28-16-8-12(14(21(24)25)9-15(16)26-2)17(22)20-10-5-6-13(19)11(7-10)18(23)27-3/h5-9H,4H2,1-3H3,(H,20,22). The van der Waals surface area contributed by atoms with Crippen molar-refractivity contribution in [2.45, 2.75) is 6.92 Å². The van der Waals surface area contributed by atoms with Gasteiger partial charge < -0.3 is 19.5 Å². The summed E-state index contributed by atoms with van der Waals surface area (Å²) >= 11 is 5.95. The van der Waals surface area contributed by atoms with Crippen LogP contribution in [0.25, 0.3) is 0 Å². The van der Waals surface area contributed by atoms with E-state index < -0.39 is 22.5 Å². The lowest BCUT2D eigenvalue weighted by atomic mass is 10.1. The average molecular weight is 409 g/mol. The van der Waals surface area contributed by atoms with Crippen molar-refractivity contribution in [3.05, 3.63) is 56.6 Å². The molecule has 0 heterocycles. The highest BCUT2D eigenvalue weighted by Gasteiger charge is 2.25. The van der Waals surface area contributed by atoms with Crippen molar-refractivity contribution in [2.24, 2.45) is 0 Å². The molecule has 0 spiro atoms. The first-order valence-electron chi connectivity index (χ1n) is 8.00. The van der Waals surface area contributed by atoms with Gasteiger partial charge in [0.1, 0.15) is 5.56 Å². The summed E-state index contributed by atoms with van der Waals surface area (Å²) in [5.74, 6) is -1.14. The number of nitro groups is 1. The molecule has 0 saturated carbocycles. The number of carbonyl (C=O) groups is 2. The summed E-state index contributed by atoms with van der Waals surface area (Å²) in [4.78, 5) is 35.1. The highest BCUT2D eigenvalue weighted by molar-refractivity contribution is 6.33. The van der Waals surface area contributed by atoms with Crippen molar-refractivity contribution < 1.29 is 28.7 Å². The molecule has 0 saturated heterocycles. The van der Waals surface area contributed by atoms with Crippen LogP contribution in [0.5, 0.6) is 11.5 Å². The molecule has 2 aromatic carbocycles. The first-order valence-corrected chi connectivity index (χ1v) is 8.38. The number of methoxy groups -OCH3 is 2. The number of benzene rings is 2. The van der Waals surface area contributed by atoms with Crippen LogP contribution >= 0.6 is 11.6 Å². The molecule has 2 rings (SSSR count). The Morgan fingerprint density at radius 3 is 2.43 bits per heavy atom. The summed E-state index contributed by atoms with van der Waals surface area (Å²) in [7, 11) is 2.53. The van der Waals surface area contributed by atoms with Gasteiger partial charge in [0.15, 0.2) is 11.5 Å². The number of nitro benzene ring substituents is 1. The molecule has 28 heavy (non-hydrogen) atoms. The normalized spacial score (nSPS) is 10.1. The van der Waals surface area contributed by atoms with Crippen LogP contribution in [-0.2, 0) is 4.74 Å². The second kappa shape index (κ2) is 9.05. The van der Waals surface area contributed by atoms with E-state index in [0.29, 0.717) is 0 Å². The second-order valence-corrected chi connectivity index (χ2v) is 5.76. The maximum absolute atomic E-state index is 12.7. The molecule has 0 unspecified atom stereocenters. The van der Waals surface area contributed by atoms with Crippen LogP contribution in [0.4, 0.5) is 11.4 Å². The molecule has 1 amide bonds. The molecule has 0 aliphatic heterocycles. The summed E-state index contributed by atoms with van der Waals surface area (Å²) in [6.07, 6.45) is 0. The van der Waals surface area contributed by atoms with E-state index in [2.05, 4.69) is 10.1 Å². The smallest absolute Gasteiger partial charge is 0.339 e. The molecule has 0 aliphatic carbocycles. The minimum atomic E-state index is -0.770. The van der Waals surface area contributed by atoms with Gasteiger partial charge in [-0.15, -0.1) is 0 Å². The number of rotatable bonds is 7. The molecule has 0 bridgehead atoms. The Hall–Kier alpha value is -3.33. The van der Waals surface area contributed by atoms with E-state index >= 15 is 0 Å². The number of nitrogens with zero attached hydrogens (tertiary/aromatic N) is 1. The SMILES string of the molecule is CCOc1cc(C(=O)Nc2ccc(Cl)c(C(=O)OC)c2)c([N+](=O)[O-])cc1OC. The molecule has 9 nitrogen and oxygen atoms in total. The predicted molar refractivity (Wildman–Crippen MR) is 102 cm³/mol. The molecule has 10 heteroatoms. The molecule has 0 radical (unpaired) electrons. The predicted octanol–water partition coefficient (Wildman–Crippen LogP) is 3.69. The molecule has 1 N–H and O–H groups in total. The van der Waals surface area contributed by atoms with Crippen LogP contribution in [0.1, 0.15) is 27.6 Å². The molecular weight excluding hydrogens is 392 g/mol. The van der Waals surface area contributed by atoms with Gasteiger partial charge in [0.25, 0.3) is 11.6 Å². The van der Waals surface area contributed by atoms with E-state index in [1.165, 1.54) is 38.5 Å². The molecule has 0 aliphatic rings. The first kappa shape index (κ1) is 21.0. The van der Waals surface area contributed by atoms with E-state index in [1.54, 1.807) is 6.92 Å². The lowest BCUT2D eigenvalue weighted by Gasteiger charge is -2.12. The van der Waals surface area contributed by atoms with E-state index in [-0.39, 0.29) is 39.9 Å². The van der Waals surface area contributed by atoms with Crippen molar-refractivity contribution in [3.63, 3.8) is 0 Å². The molecule has 148 valence electrons. The minimum absolute atomic E-state index is 0.0428.